The highest BCUT2D eigenvalue weighted by atomic mass is 35.5. The molecule has 0 saturated carbocycles. The predicted molar refractivity (Wildman–Crippen MR) is 56.4 cm³/mol. The molecule has 1 aromatic heterocycles. The van der Waals surface area contributed by atoms with Crippen molar-refractivity contribution in [3.8, 4) is 0 Å². The maximum atomic E-state index is 10.4. The van der Waals surface area contributed by atoms with Crippen LogP contribution in [-0.2, 0) is 4.79 Å². The van der Waals surface area contributed by atoms with Gasteiger partial charge in [0, 0.05) is 12.6 Å². The summed E-state index contributed by atoms with van der Waals surface area (Å²) in [6.45, 7) is 1.78. The van der Waals surface area contributed by atoms with Gasteiger partial charge in [0.25, 0.3) is 0 Å². The third-order valence-electron chi connectivity index (χ3n) is 1.62. The highest BCUT2D eigenvalue weighted by Gasteiger charge is 2.07. The molecule has 0 aliphatic carbocycles. The van der Waals surface area contributed by atoms with E-state index in [0.29, 0.717) is 17.3 Å². The fourth-order valence-electron chi connectivity index (χ4n) is 0.851. The molecular formula is C8H9Cl2N3O. The zero-order chi connectivity index (χ0) is 10.7. The Balaban J connectivity index is 3.01. The Labute approximate surface area is 91.8 Å². The number of pyridine rings is 1. The standard InChI is InChI=1S/C8H9Cl2N3O/c1-5-6(9)3-7(10)11-8(5)12-13(2)4-14/h3-4H,1-2H3,(H,11,12). The number of aromatic nitrogens is 1. The average Bonchev–Trinajstić information content (AvgIpc) is 2.13. The first-order valence-electron chi connectivity index (χ1n) is 3.82. The van der Waals surface area contributed by atoms with E-state index in [4.69, 9.17) is 23.2 Å². The monoisotopic (exact) mass is 233 g/mol. The molecular weight excluding hydrogens is 225 g/mol. The van der Waals surface area contributed by atoms with Crippen molar-refractivity contribution in [2.45, 2.75) is 6.92 Å². The molecule has 0 bridgehead atoms. The predicted octanol–water partition coefficient (Wildman–Crippen LogP) is 2.11. The number of rotatable bonds is 3. The summed E-state index contributed by atoms with van der Waals surface area (Å²) in [7, 11) is 1.56. The second-order valence-corrected chi connectivity index (χ2v) is 3.52. The molecule has 0 saturated heterocycles. The van der Waals surface area contributed by atoms with Gasteiger partial charge in [0.05, 0.1) is 5.02 Å². The van der Waals surface area contributed by atoms with Gasteiger partial charge in [-0.2, -0.15) is 0 Å². The Hall–Kier alpha value is -1.00. The van der Waals surface area contributed by atoms with Gasteiger partial charge in [0.1, 0.15) is 5.15 Å². The molecule has 0 unspecified atom stereocenters. The van der Waals surface area contributed by atoms with Crippen LogP contribution in [0, 0.1) is 6.92 Å². The molecule has 1 N–H and O–H groups in total. The molecule has 6 heteroatoms. The minimum atomic E-state index is 0.280. The van der Waals surface area contributed by atoms with E-state index in [9.17, 15) is 4.79 Å². The summed E-state index contributed by atoms with van der Waals surface area (Å²) < 4.78 is 0. The number of anilines is 1. The smallest absolute Gasteiger partial charge is 0.227 e. The van der Waals surface area contributed by atoms with E-state index in [1.54, 1.807) is 20.0 Å². The molecule has 4 nitrogen and oxygen atoms in total. The maximum Gasteiger partial charge on any atom is 0.227 e. The number of hydrogen-bond donors (Lipinski definition) is 1. The second-order valence-electron chi connectivity index (χ2n) is 2.73. The topological polar surface area (TPSA) is 45.2 Å². The number of carbonyl (C=O) groups excluding carboxylic acids is 1. The number of nitrogens with zero attached hydrogens (tertiary/aromatic N) is 2. The fourth-order valence-corrected chi connectivity index (χ4v) is 1.29. The summed E-state index contributed by atoms with van der Waals surface area (Å²) in [6.07, 6.45) is 0.621. The number of hydrogen-bond acceptors (Lipinski definition) is 3. The van der Waals surface area contributed by atoms with E-state index in [-0.39, 0.29) is 5.15 Å². The van der Waals surface area contributed by atoms with Crippen LogP contribution in [0.15, 0.2) is 6.07 Å². The van der Waals surface area contributed by atoms with Gasteiger partial charge in [-0.25, -0.2) is 4.98 Å². The lowest BCUT2D eigenvalue weighted by atomic mass is 10.3. The Bertz CT molecular complexity index is 357. The van der Waals surface area contributed by atoms with Crippen LogP contribution in [0.3, 0.4) is 0 Å². The highest BCUT2D eigenvalue weighted by Crippen LogP contribution is 2.24. The lowest BCUT2D eigenvalue weighted by Crippen LogP contribution is -2.24. The largest absolute Gasteiger partial charge is 0.279 e. The average molecular weight is 234 g/mol. The van der Waals surface area contributed by atoms with E-state index >= 15 is 0 Å². The first-order valence-corrected chi connectivity index (χ1v) is 4.57. The van der Waals surface area contributed by atoms with Crippen LogP contribution in [0.25, 0.3) is 0 Å². The van der Waals surface area contributed by atoms with Crippen LogP contribution in [0.2, 0.25) is 10.2 Å². The Morgan fingerprint density at radius 3 is 2.79 bits per heavy atom. The molecule has 0 fully saturated rings. The van der Waals surface area contributed by atoms with Gasteiger partial charge in [0.2, 0.25) is 6.41 Å². The van der Waals surface area contributed by atoms with Crippen LogP contribution in [0.4, 0.5) is 5.82 Å². The molecule has 0 aliphatic heterocycles. The Morgan fingerprint density at radius 2 is 2.21 bits per heavy atom. The molecule has 0 aliphatic rings. The third kappa shape index (κ3) is 2.49. The number of carbonyl (C=O) groups is 1. The molecule has 1 heterocycles. The molecule has 76 valence electrons. The van der Waals surface area contributed by atoms with Gasteiger partial charge in [-0.05, 0) is 13.0 Å². The van der Waals surface area contributed by atoms with Crippen molar-refractivity contribution in [3.63, 3.8) is 0 Å². The van der Waals surface area contributed by atoms with Gasteiger partial charge in [-0.1, -0.05) is 23.2 Å². The quantitative estimate of drug-likeness (QED) is 0.495. The fraction of sp³-hybridized carbons (Fsp3) is 0.250. The second kappa shape index (κ2) is 4.48. The van der Waals surface area contributed by atoms with Crippen LogP contribution < -0.4 is 5.43 Å². The number of amides is 1. The summed E-state index contributed by atoms with van der Waals surface area (Å²) in [5.74, 6) is 0.470. The van der Waals surface area contributed by atoms with Crippen LogP contribution in [0.5, 0.6) is 0 Å². The van der Waals surface area contributed by atoms with Crippen molar-refractivity contribution in [2.24, 2.45) is 0 Å². The molecule has 0 spiro atoms. The van der Waals surface area contributed by atoms with E-state index in [1.807, 2.05) is 0 Å². The molecule has 1 aromatic rings. The summed E-state index contributed by atoms with van der Waals surface area (Å²) in [4.78, 5) is 14.4. The number of halogens is 2. The van der Waals surface area contributed by atoms with Crippen LogP contribution in [0.1, 0.15) is 5.56 Å². The SMILES string of the molecule is Cc1c(Cl)cc(Cl)nc1NN(C)C=O. The van der Waals surface area contributed by atoms with Crippen molar-refractivity contribution in [2.75, 3.05) is 12.5 Å². The van der Waals surface area contributed by atoms with E-state index in [0.717, 1.165) is 5.56 Å². The normalized spacial score (nSPS) is 9.71. The lowest BCUT2D eigenvalue weighted by molar-refractivity contribution is -0.115. The summed E-state index contributed by atoms with van der Waals surface area (Å²) in [6, 6.07) is 1.55. The van der Waals surface area contributed by atoms with Gasteiger partial charge in [-0.3, -0.25) is 15.2 Å². The van der Waals surface area contributed by atoms with Crippen LogP contribution >= 0.6 is 23.2 Å². The van der Waals surface area contributed by atoms with Gasteiger partial charge in [-0.15, -0.1) is 0 Å². The van der Waals surface area contributed by atoms with Crippen LogP contribution in [-0.4, -0.2) is 23.5 Å². The van der Waals surface area contributed by atoms with E-state index in [1.165, 1.54) is 5.01 Å². The third-order valence-corrected chi connectivity index (χ3v) is 2.20. The first-order chi connectivity index (χ1) is 6.54. The Morgan fingerprint density at radius 1 is 1.57 bits per heavy atom. The lowest BCUT2D eigenvalue weighted by Gasteiger charge is -2.15. The molecule has 1 rings (SSSR count). The molecule has 0 aromatic carbocycles. The molecule has 0 radical (unpaired) electrons. The van der Waals surface area contributed by atoms with Crippen molar-refractivity contribution in [1.82, 2.24) is 9.99 Å². The number of hydrazine groups is 1. The minimum Gasteiger partial charge on any atom is -0.279 e. The molecule has 0 atom stereocenters. The minimum absolute atomic E-state index is 0.280. The number of nitrogens with one attached hydrogen (secondary N) is 1. The van der Waals surface area contributed by atoms with Crippen molar-refractivity contribution < 1.29 is 4.79 Å². The van der Waals surface area contributed by atoms with E-state index in [2.05, 4.69) is 10.4 Å². The zero-order valence-electron chi connectivity index (χ0n) is 7.71. The van der Waals surface area contributed by atoms with Gasteiger partial charge in [0.15, 0.2) is 5.82 Å². The zero-order valence-corrected chi connectivity index (χ0v) is 9.23. The highest BCUT2D eigenvalue weighted by molar-refractivity contribution is 6.34. The maximum absolute atomic E-state index is 10.4. The van der Waals surface area contributed by atoms with E-state index < -0.39 is 0 Å². The first kappa shape index (κ1) is 11.1. The van der Waals surface area contributed by atoms with Crippen molar-refractivity contribution in [1.29, 1.82) is 0 Å². The van der Waals surface area contributed by atoms with Gasteiger partial charge < -0.3 is 0 Å². The molecule has 14 heavy (non-hydrogen) atoms. The van der Waals surface area contributed by atoms with Gasteiger partial charge >= 0.3 is 0 Å². The summed E-state index contributed by atoms with van der Waals surface area (Å²) in [5, 5.41) is 2.01. The molecule has 1 amide bonds. The van der Waals surface area contributed by atoms with Crippen molar-refractivity contribution in [3.05, 3.63) is 21.8 Å². The van der Waals surface area contributed by atoms with Crippen molar-refractivity contribution >= 4 is 35.4 Å². The Kier molecular flexibility index (Phi) is 3.55. The summed E-state index contributed by atoms with van der Waals surface area (Å²) >= 11 is 11.6. The summed E-state index contributed by atoms with van der Waals surface area (Å²) in [5.41, 5.74) is 3.47.